The number of hydrogen-bond donors (Lipinski definition) is 1. The second-order valence-corrected chi connectivity index (χ2v) is 6.60. The highest BCUT2D eigenvalue weighted by Crippen LogP contribution is 2.35. The van der Waals surface area contributed by atoms with Gasteiger partial charge in [0.25, 0.3) is 5.91 Å². The van der Waals surface area contributed by atoms with Crippen molar-refractivity contribution in [3.63, 3.8) is 0 Å². The van der Waals surface area contributed by atoms with Gasteiger partial charge in [-0.3, -0.25) is 4.79 Å². The number of carbonyl (C=O) groups is 1. The Balaban J connectivity index is 0.00000225. The van der Waals surface area contributed by atoms with E-state index in [0.717, 1.165) is 6.42 Å². The van der Waals surface area contributed by atoms with Crippen LogP contribution in [0.4, 0.5) is 0 Å². The van der Waals surface area contributed by atoms with Crippen LogP contribution in [0.1, 0.15) is 16.8 Å². The maximum atomic E-state index is 12.9. The molecule has 2 aromatic carbocycles. The summed E-state index contributed by atoms with van der Waals surface area (Å²) in [6.45, 7) is 1.90. The van der Waals surface area contributed by atoms with Crippen LogP contribution in [0.15, 0.2) is 42.5 Å². The summed E-state index contributed by atoms with van der Waals surface area (Å²) in [6.07, 6.45) is 0.910. The first-order valence-electron chi connectivity index (χ1n) is 7.80. The van der Waals surface area contributed by atoms with Crippen molar-refractivity contribution in [1.29, 1.82) is 0 Å². The fourth-order valence-corrected chi connectivity index (χ4v) is 3.23. The molecule has 1 unspecified atom stereocenters. The molecule has 25 heavy (non-hydrogen) atoms. The Morgan fingerprint density at radius 3 is 2.48 bits per heavy atom. The minimum absolute atomic E-state index is 0. The van der Waals surface area contributed by atoms with Crippen LogP contribution in [-0.2, 0) is 0 Å². The third-order valence-electron chi connectivity index (χ3n) is 4.15. The third kappa shape index (κ3) is 4.39. The van der Waals surface area contributed by atoms with Crippen molar-refractivity contribution in [1.82, 2.24) is 4.90 Å². The fraction of sp³-hybridized carbons (Fsp3) is 0.278. The van der Waals surface area contributed by atoms with Crippen molar-refractivity contribution < 1.29 is 9.53 Å². The van der Waals surface area contributed by atoms with Gasteiger partial charge in [-0.15, -0.1) is 12.4 Å². The molecular formula is C18H19Cl3N2O2. The number of halogens is 3. The van der Waals surface area contributed by atoms with Crippen LogP contribution in [0.3, 0.4) is 0 Å². The van der Waals surface area contributed by atoms with Gasteiger partial charge in [-0.05, 0) is 43.1 Å². The number of amides is 1. The number of carbonyl (C=O) groups excluding carboxylic acids is 1. The lowest BCUT2D eigenvalue weighted by Gasteiger charge is -2.19. The van der Waals surface area contributed by atoms with Crippen LogP contribution >= 0.6 is 35.6 Å². The predicted octanol–water partition coefficient (Wildman–Crippen LogP) is 4.63. The highest BCUT2D eigenvalue weighted by atomic mass is 35.5. The van der Waals surface area contributed by atoms with E-state index in [1.165, 1.54) is 0 Å². The average molecular weight is 402 g/mol. The van der Waals surface area contributed by atoms with Crippen LogP contribution in [0.5, 0.6) is 11.5 Å². The molecule has 1 heterocycles. The molecule has 2 aromatic rings. The Labute approximate surface area is 163 Å². The van der Waals surface area contributed by atoms with Crippen LogP contribution in [0.25, 0.3) is 0 Å². The van der Waals surface area contributed by atoms with E-state index in [1.54, 1.807) is 35.2 Å². The van der Waals surface area contributed by atoms with E-state index in [-0.39, 0.29) is 18.3 Å². The maximum Gasteiger partial charge on any atom is 0.259 e. The Morgan fingerprint density at radius 1 is 1.12 bits per heavy atom. The lowest BCUT2D eigenvalue weighted by molar-refractivity contribution is 0.0785. The molecule has 1 saturated heterocycles. The number of nitrogens with zero attached hydrogens (tertiary/aromatic N) is 1. The second-order valence-electron chi connectivity index (χ2n) is 5.79. The van der Waals surface area contributed by atoms with E-state index in [9.17, 15) is 4.79 Å². The van der Waals surface area contributed by atoms with Gasteiger partial charge in [0.05, 0.1) is 10.0 Å². The van der Waals surface area contributed by atoms with E-state index in [1.807, 2.05) is 12.1 Å². The molecule has 0 aliphatic carbocycles. The molecule has 0 aromatic heterocycles. The molecule has 3 rings (SSSR count). The minimum atomic E-state index is -0.140. The minimum Gasteiger partial charge on any atom is -0.455 e. The molecule has 1 aliphatic rings. The predicted molar refractivity (Wildman–Crippen MR) is 103 cm³/mol. The normalized spacial score (nSPS) is 16.4. The molecule has 2 N–H and O–H groups in total. The summed E-state index contributed by atoms with van der Waals surface area (Å²) in [5.41, 5.74) is 6.07. The van der Waals surface area contributed by atoms with Crippen LogP contribution in [0, 0.1) is 5.92 Å². The van der Waals surface area contributed by atoms with Crippen LogP contribution in [0.2, 0.25) is 10.0 Å². The molecule has 0 radical (unpaired) electrons. The zero-order valence-corrected chi connectivity index (χ0v) is 15.8. The van der Waals surface area contributed by atoms with Crippen molar-refractivity contribution in [2.75, 3.05) is 19.6 Å². The molecule has 1 amide bonds. The van der Waals surface area contributed by atoms with Crippen molar-refractivity contribution in [2.45, 2.75) is 6.42 Å². The Hall–Kier alpha value is -1.46. The van der Waals surface area contributed by atoms with Crippen molar-refractivity contribution in [2.24, 2.45) is 11.7 Å². The zero-order valence-electron chi connectivity index (χ0n) is 13.5. The fourth-order valence-electron chi connectivity index (χ4n) is 2.81. The summed E-state index contributed by atoms with van der Waals surface area (Å²) >= 11 is 12.4. The highest BCUT2D eigenvalue weighted by Gasteiger charge is 2.29. The van der Waals surface area contributed by atoms with Gasteiger partial charge in [-0.2, -0.15) is 0 Å². The summed E-state index contributed by atoms with van der Waals surface area (Å²) in [5.74, 6) is 1.08. The van der Waals surface area contributed by atoms with E-state index < -0.39 is 0 Å². The first-order chi connectivity index (χ1) is 11.6. The third-order valence-corrected chi connectivity index (χ3v) is 4.78. The first kappa shape index (κ1) is 19.9. The SMILES string of the molecule is Cl.NCC1CCN(C(=O)c2c(Cl)cccc2Oc2ccccc2Cl)C1. The van der Waals surface area contributed by atoms with E-state index in [4.69, 9.17) is 33.7 Å². The number of nitrogens with two attached hydrogens (primary N) is 1. The molecule has 0 saturated carbocycles. The number of para-hydroxylation sites is 1. The van der Waals surface area contributed by atoms with Gasteiger partial charge >= 0.3 is 0 Å². The molecule has 134 valence electrons. The summed E-state index contributed by atoms with van der Waals surface area (Å²) in [4.78, 5) is 14.7. The molecule has 7 heteroatoms. The summed E-state index contributed by atoms with van der Waals surface area (Å²) in [7, 11) is 0. The molecular weight excluding hydrogens is 383 g/mol. The number of benzene rings is 2. The van der Waals surface area contributed by atoms with Crippen LogP contribution < -0.4 is 10.5 Å². The molecule has 0 bridgehead atoms. The van der Waals surface area contributed by atoms with Gasteiger partial charge in [0, 0.05) is 13.1 Å². The average Bonchev–Trinajstić information content (AvgIpc) is 3.06. The molecule has 1 fully saturated rings. The largest absolute Gasteiger partial charge is 0.455 e. The summed E-state index contributed by atoms with van der Waals surface area (Å²) in [5, 5.41) is 0.834. The van der Waals surface area contributed by atoms with Crippen molar-refractivity contribution in [3.8, 4) is 11.5 Å². The van der Waals surface area contributed by atoms with E-state index >= 15 is 0 Å². The molecule has 0 spiro atoms. The van der Waals surface area contributed by atoms with Gasteiger partial charge in [0.2, 0.25) is 0 Å². The van der Waals surface area contributed by atoms with Gasteiger partial charge in [0.15, 0.2) is 0 Å². The lowest BCUT2D eigenvalue weighted by atomic mass is 10.1. The van der Waals surface area contributed by atoms with Crippen LogP contribution in [-0.4, -0.2) is 30.4 Å². The van der Waals surface area contributed by atoms with Gasteiger partial charge in [-0.1, -0.05) is 41.4 Å². The standard InChI is InChI=1S/C18H18Cl2N2O2.ClH/c19-13-4-1-2-6-15(13)24-16-7-3-5-14(20)17(16)18(23)22-9-8-12(10-21)11-22;/h1-7,12H,8-11,21H2;1H. The van der Waals surface area contributed by atoms with Crippen molar-refractivity contribution >= 4 is 41.5 Å². The Kier molecular flexibility index (Phi) is 6.96. The van der Waals surface area contributed by atoms with E-state index in [0.29, 0.717) is 52.7 Å². The number of hydrogen-bond acceptors (Lipinski definition) is 3. The monoisotopic (exact) mass is 400 g/mol. The smallest absolute Gasteiger partial charge is 0.259 e. The molecule has 1 aliphatic heterocycles. The summed E-state index contributed by atoms with van der Waals surface area (Å²) < 4.78 is 5.87. The Bertz CT molecular complexity index is 755. The molecule has 1 atom stereocenters. The van der Waals surface area contributed by atoms with Gasteiger partial charge in [-0.25, -0.2) is 0 Å². The number of ether oxygens (including phenoxy) is 1. The van der Waals surface area contributed by atoms with E-state index in [2.05, 4.69) is 0 Å². The first-order valence-corrected chi connectivity index (χ1v) is 8.56. The Morgan fingerprint density at radius 2 is 1.80 bits per heavy atom. The lowest BCUT2D eigenvalue weighted by Crippen LogP contribution is -2.30. The maximum absolute atomic E-state index is 12.9. The number of rotatable bonds is 4. The van der Waals surface area contributed by atoms with Crippen molar-refractivity contribution in [3.05, 3.63) is 58.1 Å². The second kappa shape index (κ2) is 8.77. The molecule has 4 nitrogen and oxygen atoms in total. The van der Waals surface area contributed by atoms with Gasteiger partial charge in [0.1, 0.15) is 17.1 Å². The summed E-state index contributed by atoms with van der Waals surface area (Å²) in [6, 6.07) is 12.3. The zero-order chi connectivity index (χ0) is 17.1. The number of likely N-dealkylation sites (tertiary alicyclic amines) is 1. The van der Waals surface area contributed by atoms with Gasteiger partial charge < -0.3 is 15.4 Å². The highest BCUT2D eigenvalue weighted by molar-refractivity contribution is 6.34. The quantitative estimate of drug-likeness (QED) is 0.812. The topological polar surface area (TPSA) is 55.6 Å².